The van der Waals surface area contributed by atoms with Gasteiger partial charge in [0.2, 0.25) is 5.91 Å². The van der Waals surface area contributed by atoms with Crippen molar-refractivity contribution in [3.63, 3.8) is 0 Å². The van der Waals surface area contributed by atoms with E-state index in [-0.39, 0.29) is 11.8 Å². The van der Waals surface area contributed by atoms with E-state index < -0.39 is 0 Å². The number of carbonyl (C=O) groups is 1. The smallest absolute Gasteiger partial charge is 0.228 e. The highest BCUT2D eigenvalue weighted by atomic mass is 16.5. The molecule has 2 heterocycles. The molecular weight excluding hydrogens is 314 g/mol. The lowest BCUT2D eigenvalue weighted by Crippen LogP contribution is -2.29. The summed E-state index contributed by atoms with van der Waals surface area (Å²) in [6, 6.07) is 8.55. The number of ether oxygens (including phenoxy) is 1. The first-order valence-corrected chi connectivity index (χ1v) is 9.57. The monoisotopic (exact) mass is 345 g/mol. The maximum Gasteiger partial charge on any atom is 0.228 e. The Bertz CT molecular complexity index is 553. The number of benzene rings is 1. The molecular formula is C20H31N3O2. The summed E-state index contributed by atoms with van der Waals surface area (Å²) in [6.45, 7) is 9.11. The van der Waals surface area contributed by atoms with E-state index in [0.29, 0.717) is 12.0 Å². The number of hydrogen-bond acceptors (Lipinski definition) is 4. The standard InChI is InChI=1S/C20H31N3O2/c1-15(2)13-23-10-7-16(14-23)20(24)22-18-5-3-17(4-6-18)21-19-8-11-25-12-9-19/h3-6,15-16,19,21H,7-14H2,1-2H3,(H,22,24)/t16-/m1/s1. The lowest BCUT2D eigenvalue weighted by atomic mass is 10.1. The molecule has 1 aromatic rings. The Balaban J connectivity index is 1.47. The lowest BCUT2D eigenvalue weighted by Gasteiger charge is -2.24. The summed E-state index contributed by atoms with van der Waals surface area (Å²) in [5.74, 6) is 0.910. The van der Waals surface area contributed by atoms with Crippen LogP contribution in [0.5, 0.6) is 0 Å². The molecule has 5 heteroatoms. The van der Waals surface area contributed by atoms with Gasteiger partial charge < -0.3 is 20.3 Å². The van der Waals surface area contributed by atoms with Gasteiger partial charge in [-0.3, -0.25) is 4.79 Å². The van der Waals surface area contributed by atoms with Gasteiger partial charge in [0, 0.05) is 43.7 Å². The maximum absolute atomic E-state index is 12.5. The summed E-state index contributed by atoms with van der Waals surface area (Å²) < 4.78 is 5.39. The third-order valence-corrected chi connectivity index (χ3v) is 5.01. The van der Waals surface area contributed by atoms with Crippen molar-refractivity contribution >= 4 is 17.3 Å². The van der Waals surface area contributed by atoms with Crippen molar-refractivity contribution in [3.8, 4) is 0 Å². The van der Waals surface area contributed by atoms with E-state index in [1.807, 2.05) is 24.3 Å². The molecule has 0 saturated carbocycles. The van der Waals surface area contributed by atoms with E-state index in [9.17, 15) is 4.79 Å². The van der Waals surface area contributed by atoms with Gasteiger partial charge in [-0.1, -0.05) is 13.8 Å². The van der Waals surface area contributed by atoms with Gasteiger partial charge in [0.05, 0.1) is 5.92 Å². The fourth-order valence-corrected chi connectivity index (χ4v) is 3.70. The average molecular weight is 345 g/mol. The summed E-state index contributed by atoms with van der Waals surface area (Å²) in [4.78, 5) is 14.9. The molecule has 0 bridgehead atoms. The molecule has 138 valence electrons. The molecule has 25 heavy (non-hydrogen) atoms. The Kier molecular flexibility index (Phi) is 6.32. The van der Waals surface area contributed by atoms with Crippen LogP contribution in [0.15, 0.2) is 24.3 Å². The molecule has 2 N–H and O–H groups in total. The molecule has 2 aliphatic heterocycles. The van der Waals surface area contributed by atoms with Crippen LogP contribution in [0.25, 0.3) is 0 Å². The number of hydrogen-bond donors (Lipinski definition) is 2. The number of nitrogens with zero attached hydrogens (tertiary/aromatic N) is 1. The van der Waals surface area contributed by atoms with Gasteiger partial charge in [0.1, 0.15) is 0 Å². The normalized spacial score (nSPS) is 22.3. The van der Waals surface area contributed by atoms with E-state index in [1.54, 1.807) is 0 Å². The molecule has 0 aliphatic carbocycles. The van der Waals surface area contributed by atoms with Crippen molar-refractivity contribution in [2.45, 2.75) is 39.2 Å². The third-order valence-electron chi connectivity index (χ3n) is 5.01. The van der Waals surface area contributed by atoms with Gasteiger partial charge in [-0.2, -0.15) is 0 Å². The molecule has 1 aromatic carbocycles. The molecule has 5 nitrogen and oxygen atoms in total. The number of likely N-dealkylation sites (tertiary alicyclic amines) is 1. The van der Waals surface area contributed by atoms with Gasteiger partial charge in [-0.15, -0.1) is 0 Å². The van der Waals surface area contributed by atoms with Crippen LogP contribution in [0.1, 0.15) is 33.1 Å². The first kappa shape index (κ1) is 18.2. The molecule has 0 radical (unpaired) electrons. The van der Waals surface area contributed by atoms with Gasteiger partial charge in [0.15, 0.2) is 0 Å². The van der Waals surface area contributed by atoms with Crippen molar-refractivity contribution in [1.82, 2.24) is 4.90 Å². The van der Waals surface area contributed by atoms with Crippen LogP contribution in [0.2, 0.25) is 0 Å². The number of rotatable bonds is 6. The third kappa shape index (κ3) is 5.44. The Morgan fingerprint density at radius 2 is 1.84 bits per heavy atom. The first-order valence-electron chi connectivity index (χ1n) is 9.57. The summed E-state index contributed by atoms with van der Waals surface area (Å²) in [7, 11) is 0. The first-order chi connectivity index (χ1) is 12.1. The number of carbonyl (C=O) groups excluding carboxylic acids is 1. The molecule has 0 aromatic heterocycles. The highest BCUT2D eigenvalue weighted by Crippen LogP contribution is 2.21. The zero-order valence-corrected chi connectivity index (χ0v) is 15.5. The van der Waals surface area contributed by atoms with E-state index >= 15 is 0 Å². The van der Waals surface area contributed by atoms with E-state index in [2.05, 4.69) is 29.4 Å². The van der Waals surface area contributed by atoms with Gasteiger partial charge in [-0.25, -0.2) is 0 Å². The molecule has 2 saturated heterocycles. The minimum atomic E-state index is 0.110. The average Bonchev–Trinajstić information content (AvgIpc) is 3.05. The van der Waals surface area contributed by atoms with E-state index in [1.165, 1.54) is 0 Å². The van der Waals surface area contributed by atoms with Crippen LogP contribution in [0.4, 0.5) is 11.4 Å². The van der Waals surface area contributed by atoms with Crippen LogP contribution >= 0.6 is 0 Å². The van der Waals surface area contributed by atoms with Gasteiger partial charge in [-0.05, 0) is 56.0 Å². The molecule has 1 atom stereocenters. The summed E-state index contributed by atoms with van der Waals surface area (Å²) >= 11 is 0. The minimum Gasteiger partial charge on any atom is -0.382 e. The molecule has 0 spiro atoms. The Morgan fingerprint density at radius 1 is 1.16 bits per heavy atom. The van der Waals surface area contributed by atoms with Crippen molar-refractivity contribution in [1.29, 1.82) is 0 Å². The van der Waals surface area contributed by atoms with Crippen LogP contribution in [0.3, 0.4) is 0 Å². The largest absolute Gasteiger partial charge is 0.382 e. The van der Waals surface area contributed by atoms with E-state index in [0.717, 1.165) is 63.5 Å². The Labute approximate surface area is 151 Å². The second-order valence-electron chi connectivity index (χ2n) is 7.74. The number of amides is 1. The van der Waals surface area contributed by atoms with Crippen LogP contribution in [-0.4, -0.2) is 49.7 Å². The fourth-order valence-electron chi connectivity index (χ4n) is 3.70. The number of anilines is 2. The Morgan fingerprint density at radius 3 is 2.52 bits per heavy atom. The van der Waals surface area contributed by atoms with E-state index in [4.69, 9.17) is 4.74 Å². The Hall–Kier alpha value is -1.59. The number of nitrogens with one attached hydrogen (secondary N) is 2. The molecule has 2 aliphatic rings. The van der Waals surface area contributed by atoms with Crippen molar-refractivity contribution in [3.05, 3.63) is 24.3 Å². The SMILES string of the molecule is CC(C)CN1CC[C@@H](C(=O)Nc2ccc(NC3CCOCC3)cc2)C1. The molecule has 2 fully saturated rings. The summed E-state index contributed by atoms with van der Waals surface area (Å²) in [5, 5.41) is 6.62. The van der Waals surface area contributed by atoms with Crippen LogP contribution in [0, 0.1) is 11.8 Å². The minimum absolute atomic E-state index is 0.110. The van der Waals surface area contributed by atoms with Crippen LogP contribution < -0.4 is 10.6 Å². The summed E-state index contributed by atoms with van der Waals surface area (Å²) in [6.07, 6.45) is 3.06. The zero-order chi connectivity index (χ0) is 17.6. The van der Waals surface area contributed by atoms with Crippen molar-refractivity contribution in [2.75, 3.05) is 43.5 Å². The zero-order valence-electron chi connectivity index (χ0n) is 15.5. The second kappa shape index (κ2) is 8.68. The predicted octanol–water partition coefficient (Wildman–Crippen LogP) is 3.19. The highest BCUT2D eigenvalue weighted by molar-refractivity contribution is 5.93. The molecule has 0 unspecified atom stereocenters. The quantitative estimate of drug-likeness (QED) is 0.831. The maximum atomic E-state index is 12.5. The van der Waals surface area contributed by atoms with Gasteiger partial charge in [0.25, 0.3) is 0 Å². The van der Waals surface area contributed by atoms with Crippen molar-refractivity contribution < 1.29 is 9.53 Å². The van der Waals surface area contributed by atoms with Crippen LogP contribution in [-0.2, 0) is 9.53 Å². The summed E-state index contributed by atoms with van der Waals surface area (Å²) in [5.41, 5.74) is 1.98. The predicted molar refractivity (Wildman–Crippen MR) is 102 cm³/mol. The highest BCUT2D eigenvalue weighted by Gasteiger charge is 2.28. The molecule has 1 amide bonds. The topological polar surface area (TPSA) is 53.6 Å². The fraction of sp³-hybridized carbons (Fsp3) is 0.650. The van der Waals surface area contributed by atoms with Gasteiger partial charge >= 0.3 is 0 Å². The second-order valence-corrected chi connectivity index (χ2v) is 7.74. The molecule has 3 rings (SSSR count). The van der Waals surface area contributed by atoms with Crippen molar-refractivity contribution in [2.24, 2.45) is 11.8 Å². The lowest BCUT2D eigenvalue weighted by molar-refractivity contribution is -0.119.